The van der Waals surface area contributed by atoms with E-state index in [2.05, 4.69) is 17.0 Å². The Bertz CT molecular complexity index is 1160. The summed E-state index contributed by atoms with van der Waals surface area (Å²) in [5.41, 5.74) is 6.37. The van der Waals surface area contributed by atoms with E-state index in [-0.39, 0.29) is 24.4 Å². The number of carbonyl (C=O) groups is 3. The maximum absolute atomic E-state index is 13.1. The first-order valence-corrected chi connectivity index (χ1v) is 12.5. The molecule has 4 N–H and O–H groups in total. The zero-order valence-corrected chi connectivity index (χ0v) is 22.4. The normalized spacial score (nSPS) is 15.2. The van der Waals surface area contributed by atoms with Gasteiger partial charge in [0.1, 0.15) is 0 Å². The van der Waals surface area contributed by atoms with E-state index < -0.39 is 23.1 Å². The minimum atomic E-state index is -0.728. The van der Waals surface area contributed by atoms with Crippen LogP contribution in [-0.2, 0) is 14.4 Å². The molecule has 37 heavy (non-hydrogen) atoms. The van der Waals surface area contributed by atoms with Crippen LogP contribution in [0.2, 0.25) is 0 Å². The molecule has 1 aromatic carbocycles. The van der Waals surface area contributed by atoms with Crippen LogP contribution in [0.25, 0.3) is 11.1 Å². The molecular formula is C29H34N2O5S. The van der Waals surface area contributed by atoms with Crippen molar-refractivity contribution in [2.24, 2.45) is 11.1 Å². The lowest BCUT2D eigenvalue weighted by Gasteiger charge is -2.28. The van der Waals surface area contributed by atoms with Crippen LogP contribution in [0.3, 0.4) is 0 Å². The van der Waals surface area contributed by atoms with Crippen LogP contribution >= 0.6 is 11.3 Å². The van der Waals surface area contributed by atoms with E-state index in [1.54, 1.807) is 57.3 Å². The smallest absolute Gasteiger partial charge is 0.294 e. The number of terminal acetylenes is 1. The number of carbonyl (C=O) groups excluding carboxylic acids is 3. The number of rotatable bonds is 6. The molecule has 0 saturated carbocycles. The number of Topliss-reactive ketones (excluding diaryl/α,β-unsaturated/α-hetero) is 1. The number of hydrogen-bond donors (Lipinski definition) is 3. The predicted octanol–water partition coefficient (Wildman–Crippen LogP) is 4.79. The fourth-order valence-electron chi connectivity index (χ4n) is 3.48. The molecule has 0 radical (unpaired) electrons. The molecule has 8 heteroatoms. The lowest BCUT2D eigenvalue weighted by molar-refractivity contribution is -0.123. The second kappa shape index (κ2) is 15.2. The highest BCUT2D eigenvalue weighted by Gasteiger charge is 2.45. The molecule has 2 amide bonds. The third kappa shape index (κ3) is 8.60. The Morgan fingerprint density at radius 1 is 1.19 bits per heavy atom. The van der Waals surface area contributed by atoms with Crippen molar-refractivity contribution < 1.29 is 24.6 Å². The molecule has 2 heterocycles. The van der Waals surface area contributed by atoms with Gasteiger partial charge in [-0.05, 0) is 59.5 Å². The van der Waals surface area contributed by atoms with E-state index in [1.165, 1.54) is 4.90 Å². The number of aliphatic hydroxyl groups is 2. The van der Waals surface area contributed by atoms with E-state index >= 15 is 0 Å². The number of amides is 2. The van der Waals surface area contributed by atoms with Gasteiger partial charge >= 0.3 is 0 Å². The molecule has 0 bridgehead atoms. The van der Waals surface area contributed by atoms with Crippen molar-refractivity contribution in [1.82, 2.24) is 0 Å². The summed E-state index contributed by atoms with van der Waals surface area (Å²) in [4.78, 5) is 36.2. The SMILES string of the molecule is C#C/C=C\C=C/CC1C(C(=O)C(C)(C)C)=C(O)C(=O)N1c1ccc(-c2ccsc2)cc1.CCO.NC=O. The monoisotopic (exact) mass is 522 g/mol. The quantitative estimate of drug-likeness (QED) is 0.286. The fraction of sp³-hybridized carbons (Fsp3) is 0.276. The first-order chi connectivity index (χ1) is 17.6. The molecule has 0 aliphatic carbocycles. The largest absolute Gasteiger partial charge is 0.503 e. The van der Waals surface area contributed by atoms with Crippen molar-refractivity contribution in [2.75, 3.05) is 11.5 Å². The Morgan fingerprint density at radius 3 is 2.27 bits per heavy atom. The van der Waals surface area contributed by atoms with Crippen LogP contribution in [0, 0.1) is 17.8 Å². The van der Waals surface area contributed by atoms with E-state index in [0.29, 0.717) is 12.1 Å². The maximum atomic E-state index is 13.1. The zero-order valence-electron chi connectivity index (χ0n) is 21.5. The van der Waals surface area contributed by atoms with Crippen LogP contribution < -0.4 is 10.6 Å². The summed E-state index contributed by atoms with van der Waals surface area (Å²) in [5.74, 6) is 1.13. The van der Waals surface area contributed by atoms with Crippen molar-refractivity contribution in [3.63, 3.8) is 0 Å². The van der Waals surface area contributed by atoms with E-state index in [1.807, 2.05) is 41.8 Å². The molecule has 7 nitrogen and oxygen atoms in total. The first kappa shape index (κ1) is 31.1. The van der Waals surface area contributed by atoms with Crippen LogP contribution in [0.4, 0.5) is 5.69 Å². The molecule has 1 unspecified atom stereocenters. The van der Waals surface area contributed by atoms with Crippen LogP contribution in [-0.4, -0.2) is 41.0 Å². The average molecular weight is 523 g/mol. The van der Waals surface area contributed by atoms with Gasteiger partial charge in [-0.2, -0.15) is 11.3 Å². The number of nitrogens with zero attached hydrogens (tertiary/aromatic N) is 1. The minimum Gasteiger partial charge on any atom is -0.503 e. The summed E-state index contributed by atoms with van der Waals surface area (Å²) in [6.07, 6.45) is 12.7. The van der Waals surface area contributed by atoms with Crippen molar-refractivity contribution >= 4 is 35.1 Å². The topological polar surface area (TPSA) is 121 Å². The summed E-state index contributed by atoms with van der Waals surface area (Å²) in [5, 5.41) is 22.3. The Labute approximate surface area is 222 Å². The van der Waals surface area contributed by atoms with Crippen LogP contribution in [0.1, 0.15) is 34.1 Å². The third-order valence-electron chi connectivity index (χ3n) is 5.05. The second-order valence-corrected chi connectivity index (χ2v) is 9.51. The van der Waals surface area contributed by atoms with Crippen molar-refractivity contribution in [3.8, 4) is 23.5 Å². The Morgan fingerprint density at radius 2 is 1.78 bits per heavy atom. The molecule has 1 atom stereocenters. The van der Waals surface area contributed by atoms with Gasteiger partial charge in [0, 0.05) is 17.7 Å². The number of benzene rings is 1. The van der Waals surface area contributed by atoms with Gasteiger partial charge in [0.05, 0.1) is 11.6 Å². The molecule has 0 saturated heterocycles. The van der Waals surface area contributed by atoms with Crippen molar-refractivity contribution in [3.05, 3.63) is 76.7 Å². The molecule has 2 aromatic rings. The highest BCUT2D eigenvalue weighted by Crippen LogP contribution is 2.37. The van der Waals surface area contributed by atoms with Crippen molar-refractivity contribution in [2.45, 2.75) is 40.2 Å². The second-order valence-electron chi connectivity index (χ2n) is 8.73. The highest BCUT2D eigenvalue weighted by molar-refractivity contribution is 7.08. The Balaban J connectivity index is 0.00000104. The molecule has 0 fully saturated rings. The lowest BCUT2D eigenvalue weighted by atomic mass is 9.83. The number of thiophene rings is 1. The number of ketones is 1. The number of primary amides is 1. The molecule has 1 aliphatic rings. The Kier molecular flexibility index (Phi) is 12.8. The summed E-state index contributed by atoms with van der Waals surface area (Å²) in [6.45, 7) is 7.27. The number of nitrogens with two attached hydrogens (primary N) is 1. The van der Waals surface area contributed by atoms with Gasteiger partial charge in [0.25, 0.3) is 5.91 Å². The summed E-state index contributed by atoms with van der Waals surface area (Å²) < 4.78 is 0. The highest BCUT2D eigenvalue weighted by atomic mass is 32.1. The van der Waals surface area contributed by atoms with Gasteiger partial charge in [0.15, 0.2) is 11.5 Å². The van der Waals surface area contributed by atoms with E-state index in [0.717, 1.165) is 11.1 Å². The molecule has 3 rings (SSSR count). The first-order valence-electron chi connectivity index (χ1n) is 11.6. The van der Waals surface area contributed by atoms with Gasteiger partial charge in [-0.25, -0.2) is 0 Å². The fourth-order valence-corrected chi connectivity index (χ4v) is 4.15. The molecule has 196 valence electrons. The number of hydrogen-bond acceptors (Lipinski definition) is 6. The zero-order chi connectivity index (χ0) is 28.0. The summed E-state index contributed by atoms with van der Waals surface area (Å²) >= 11 is 1.62. The average Bonchev–Trinajstić information content (AvgIpc) is 3.47. The lowest BCUT2D eigenvalue weighted by Crippen LogP contribution is -2.38. The number of anilines is 1. The molecular weight excluding hydrogens is 488 g/mol. The van der Waals surface area contributed by atoms with E-state index in [9.17, 15) is 14.7 Å². The molecule has 1 aromatic heterocycles. The maximum Gasteiger partial charge on any atom is 0.294 e. The minimum absolute atomic E-state index is 0.157. The number of aliphatic hydroxyl groups excluding tert-OH is 2. The number of allylic oxidation sites excluding steroid dienone is 3. The van der Waals surface area contributed by atoms with Crippen molar-refractivity contribution in [1.29, 1.82) is 0 Å². The van der Waals surface area contributed by atoms with Gasteiger partial charge in [-0.1, -0.05) is 57.1 Å². The van der Waals surface area contributed by atoms with Crippen LogP contribution in [0.5, 0.6) is 0 Å². The van der Waals surface area contributed by atoms with Crippen LogP contribution in [0.15, 0.2) is 76.7 Å². The Hall–Kier alpha value is -3.93. The summed E-state index contributed by atoms with van der Waals surface area (Å²) in [6, 6.07) is 9.00. The standard InChI is InChI=1S/C26H25NO3S.C2H6O.CH3NO/c1-5-6-7-8-9-10-21-22(24(29)26(2,3)4)23(28)25(30)27(21)20-13-11-18(12-14-20)19-15-16-31-17-19;1-2-3;2-1-3/h1,6-9,11-17,21,28H,10H2,2-4H3;3H,2H2,1H3;1H,(H2,2,3)/b7-6-,9-8-;;. The van der Waals surface area contributed by atoms with Gasteiger partial charge < -0.3 is 15.9 Å². The predicted molar refractivity (Wildman–Crippen MR) is 150 cm³/mol. The molecule has 0 spiro atoms. The van der Waals surface area contributed by atoms with E-state index in [4.69, 9.17) is 16.3 Å². The third-order valence-corrected chi connectivity index (χ3v) is 5.73. The van der Waals surface area contributed by atoms with Gasteiger partial charge in [-0.3, -0.25) is 19.3 Å². The summed E-state index contributed by atoms with van der Waals surface area (Å²) in [7, 11) is 0. The van der Waals surface area contributed by atoms with Gasteiger partial charge in [0.2, 0.25) is 6.41 Å². The molecule has 1 aliphatic heterocycles. The van der Waals surface area contributed by atoms with Gasteiger partial charge in [-0.15, -0.1) is 6.42 Å².